The summed E-state index contributed by atoms with van der Waals surface area (Å²) in [6.45, 7) is 9.48. The summed E-state index contributed by atoms with van der Waals surface area (Å²) in [6, 6.07) is 0. The molecule has 0 aliphatic heterocycles. The van der Waals surface area contributed by atoms with Crippen molar-refractivity contribution in [1.82, 2.24) is 10.1 Å². The van der Waals surface area contributed by atoms with Crippen LogP contribution in [0.2, 0.25) is 0 Å². The van der Waals surface area contributed by atoms with Crippen LogP contribution in [-0.4, -0.2) is 36.6 Å². The van der Waals surface area contributed by atoms with Crippen LogP contribution < -0.4 is 0 Å². The van der Waals surface area contributed by atoms with E-state index in [2.05, 4.69) is 10.1 Å². The van der Waals surface area contributed by atoms with Crippen molar-refractivity contribution in [3.8, 4) is 0 Å². The Morgan fingerprint density at radius 3 is 2.20 bits per heavy atom. The van der Waals surface area contributed by atoms with E-state index in [1.165, 1.54) is 22.8 Å². The van der Waals surface area contributed by atoms with Gasteiger partial charge in [0.1, 0.15) is 0 Å². The first kappa shape index (κ1) is 23.9. The van der Waals surface area contributed by atoms with Crippen LogP contribution in [0.4, 0.5) is 0 Å². The number of rotatable bonds is 14. The van der Waals surface area contributed by atoms with Gasteiger partial charge in [0.25, 0.3) is 0 Å². The van der Waals surface area contributed by atoms with Gasteiger partial charge in [-0.25, -0.2) is 0 Å². The van der Waals surface area contributed by atoms with Gasteiger partial charge in [0, 0.05) is 13.2 Å². The summed E-state index contributed by atoms with van der Waals surface area (Å²) in [5, 5.41) is 2.83. The molecule has 144 valence electrons. The molecule has 1 aromatic rings. The van der Waals surface area contributed by atoms with E-state index in [-0.39, 0.29) is 12.4 Å². The SMILES string of the molecule is CCOC(OCC)(S[PH+]=S)c1nc(CSP(=S)(OCC)OCC)no1. The van der Waals surface area contributed by atoms with Gasteiger partial charge in [-0.3, -0.25) is 0 Å². The Labute approximate surface area is 168 Å². The fourth-order valence-corrected chi connectivity index (χ4v) is 8.52. The van der Waals surface area contributed by atoms with E-state index in [0.717, 1.165) is 0 Å². The van der Waals surface area contributed by atoms with Gasteiger partial charge >= 0.3 is 11.0 Å². The molecule has 0 N–H and O–H groups in total. The summed E-state index contributed by atoms with van der Waals surface area (Å²) in [5.74, 6) is 1.14. The second kappa shape index (κ2) is 12.3. The Morgan fingerprint density at radius 1 is 1.12 bits per heavy atom. The maximum absolute atomic E-state index is 5.75. The van der Waals surface area contributed by atoms with Crippen LogP contribution in [0.25, 0.3) is 0 Å². The predicted octanol–water partition coefficient (Wildman–Crippen LogP) is 4.57. The standard InChI is InChI=1S/C12H22N2O5P2S4/c1-5-15-12(16-6-2,25-20-22)11-13-10(14-19-11)9-24-21(23,17-7-3)18-8-4/h5-9H2,1-4H3/p+1. The summed E-state index contributed by atoms with van der Waals surface area (Å²) in [7, 11) is 0. The molecule has 13 heteroatoms. The lowest BCUT2D eigenvalue weighted by molar-refractivity contribution is -0.186. The predicted molar refractivity (Wildman–Crippen MR) is 111 cm³/mol. The maximum atomic E-state index is 5.75. The van der Waals surface area contributed by atoms with Gasteiger partial charge in [-0.05, 0) is 39.5 Å². The van der Waals surface area contributed by atoms with Crippen LogP contribution in [0.1, 0.15) is 39.4 Å². The normalized spacial score (nSPS) is 12.8. The summed E-state index contributed by atoms with van der Waals surface area (Å²) < 4.78 is 28.1. The average Bonchev–Trinajstić information content (AvgIpc) is 3.04. The van der Waals surface area contributed by atoms with Gasteiger partial charge in [-0.15, -0.1) is 0 Å². The lowest BCUT2D eigenvalue weighted by Gasteiger charge is -2.23. The minimum Gasteiger partial charge on any atom is -0.332 e. The molecule has 0 aliphatic rings. The van der Waals surface area contributed by atoms with Gasteiger partial charge in [0.05, 0.1) is 19.0 Å². The minimum atomic E-state index is -2.41. The van der Waals surface area contributed by atoms with Crippen molar-refractivity contribution in [1.29, 1.82) is 0 Å². The van der Waals surface area contributed by atoms with Crippen LogP contribution in [-0.2, 0) is 53.0 Å². The van der Waals surface area contributed by atoms with Crippen LogP contribution in [0.5, 0.6) is 0 Å². The highest BCUT2D eigenvalue weighted by Crippen LogP contribution is 2.61. The van der Waals surface area contributed by atoms with Gasteiger partial charge in [0.15, 0.2) is 29.0 Å². The Hall–Kier alpha value is 0.850. The third-order valence-electron chi connectivity index (χ3n) is 2.50. The minimum absolute atomic E-state index is 0.121. The summed E-state index contributed by atoms with van der Waals surface area (Å²) in [5.41, 5.74) is -2.41. The lowest BCUT2D eigenvalue weighted by atomic mass is 10.5. The van der Waals surface area contributed by atoms with Crippen molar-refractivity contribution >= 4 is 58.6 Å². The average molecular weight is 466 g/mol. The van der Waals surface area contributed by atoms with Crippen LogP contribution in [0.3, 0.4) is 0 Å². The Bertz CT molecular complexity index is 561. The smallest absolute Gasteiger partial charge is 0.332 e. The van der Waals surface area contributed by atoms with Gasteiger partial charge in [-0.1, -0.05) is 16.5 Å². The Kier molecular flexibility index (Phi) is 11.8. The zero-order valence-corrected chi connectivity index (χ0v) is 19.7. The largest absolute Gasteiger partial charge is 0.345 e. The fraction of sp³-hybridized carbons (Fsp3) is 0.833. The van der Waals surface area contributed by atoms with Crippen molar-refractivity contribution < 1.29 is 23.0 Å². The highest BCUT2D eigenvalue weighted by molar-refractivity contribution is 8.67. The first-order chi connectivity index (χ1) is 12.0. The molecule has 0 saturated heterocycles. The molecule has 25 heavy (non-hydrogen) atoms. The molecular formula is C12H23N2O5P2S4+. The molecule has 0 saturated carbocycles. The summed E-state index contributed by atoms with van der Waals surface area (Å²) in [4.78, 5) is 4.41. The zero-order valence-electron chi connectivity index (χ0n) is 14.6. The van der Waals surface area contributed by atoms with Gasteiger partial charge in [0.2, 0.25) is 12.3 Å². The van der Waals surface area contributed by atoms with Crippen LogP contribution >= 0.6 is 35.0 Å². The van der Waals surface area contributed by atoms with Gasteiger partial charge < -0.3 is 23.0 Å². The highest BCUT2D eigenvalue weighted by atomic mass is 32.9. The second-order valence-corrected chi connectivity index (χ2v) is 14.0. The van der Waals surface area contributed by atoms with E-state index in [9.17, 15) is 0 Å². The molecule has 1 rings (SSSR count). The molecule has 7 nitrogen and oxygen atoms in total. The van der Waals surface area contributed by atoms with Crippen LogP contribution in [0.15, 0.2) is 4.52 Å². The topological polar surface area (TPSA) is 75.8 Å². The number of ether oxygens (including phenoxy) is 2. The molecule has 1 aromatic heterocycles. The van der Waals surface area contributed by atoms with E-state index < -0.39 is 10.8 Å². The van der Waals surface area contributed by atoms with Crippen LogP contribution in [0, 0.1) is 0 Å². The third-order valence-corrected chi connectivity index (χ3v) is 10.5. The van der Waals surface area contributed by atoms with E-state index in [4.69, 9.17) is 46.7 Å². The Morgan fingerprint density at radius 2 is 1.72 bits per heavy atom. The molecular weight excluding hydrogens is 442 g/mol. The van der Waals surface area contributed by atoms with Crippen molar-refractivity contribution in [2.45, 2.75) is 38.6 Å². The molecule has 0 aromatic carbocycles. The second-order valence-electron chi connectivity index (χ2n) is 4.18. The maximum Gasteiger partial charge on any atom is 0.345 e. The lowest BCUT2D eigenvalue weighted by Crippen LogP contribution is -2.29. The van der Waals surface area contributed by atoms with Crippen molar-refractivity contribution in [3.63, 3.8) is 0 Å². The number of hydrogen-bond donors (Lipinski definition) is 0. The fourth-order valence-electron chi connectivity index (χ4n) is 1.70. The monoisotopic (exact) mass is 465 g/mol. The quantitative estimate of drug-likeness (QED) is 0.286. The van der Waals surface area contributed by atoms with E-state index in [0.29, 0.717) is 38.0 Å². The third kappa shape index (κ3) is 7.41. The molecule has 1 unspecified atom stereocenters. The molecule has 0 bridgehead atoms. The number of aromatic nitrogens is 2. The molecule has 0 amide bonds. The molecule has 1 atom stereocenters. The van der Waals surface area contributed by atoms with Gasteiger partial charge in [-0.2, -0.15) is 4.98 Å². The Balaban J connectivity index is 2.91. The molecule has 1 heterocycles. The highest BCUT2D eigenvalue weighted by Gasteiger charge is 2.45. The summed E-state index contributed by atoms with van der Waals surface area (Å²) in [6.07, 6.45) is 0. The van der Waals surface area contributed by atoms with Crippen molar-refractivity contribution in [3.05, 3.63) is 11.7 Å². The molecule has 0 spiro atoms. The van der Waals surface area contributed by atoms with Crippen molar-refractivity contribution in [2.75, 3.05) is 26.4 Å². The van der Waals surface area contributed by atoms with E-state index >= 15 is 0 Å². The molecule has 0 radical (unpaired) electrons. The first-order valence-electron chi connectivity index (χ1n) is 7.68. The first-order valence-corrected chi connectivity index (χ1v) is 15.6. The molecule has 0 fully saturated rings. The van der Waals surface area contributed by atoms with E-state index in [1.807, 2.05) is 27.7 Å². The number of nitrogens with zero attached hydrogens (tertiary/aromatic N) is 2. The molecule has 0 aliphatic carbocycles. The summed E-state index contributed by atoms with van der Waals surface area (Å²) >= 11 is 13.3. The van der Waals surface area contributed by atoms with E-state index in [1.54, 1.807) is 0 Å². The van der Waals surface area contributed by atoms with Crippen molar-refractivity contribution in [2.24, 2.45) is 0 Å². The number of hydrogen-bond acceptors (Lipinski definition) is 11. The zero-order chi connectivity index (χ0) is 18.8.